The summed E-state index contributed by atoms with van der Waals surface area (Å²) in [4.78, 5) is 50.9. The van der Waals surface area contributed by atoms with Gasteiger partial charge in [0.05, 0.1) is 18.0 Å². The van der Waals surface area contributed by atoms with Gasteiger partial charge in [-0.15, -0.1) is 10.2 Å². The smallest absolute Gasteiger partial charge is 0.425 e. The highest BCUT2D eigenvalue weighted by molar-refractivity contribution is 6.10. The van der Waals surface area contributed by atoms with Crippen LogP contribution in [0.3, 0.4) is 0 Å². The van der Waals surface area contributed by atoms with Crippen molar-refractivity contribution < 1.29 is 38.1 Å². The van der Waals surface area contributed by atoms with Gasteiger partial charge < -0.3 is 28.6 Å². The van der Waals surface area contributed by atoms with Crippen LogP contribution in [0.5, 0.6) is 0 Å². The maximum atomic E-state index is 13.5. The largest absolute Gasteiger partial charge is 0.444 e. The predicted molar refractivity (Wildman–Crippen MR) is 181 cm³/mol. The molecule has 0 aliphatic heterocycles. The molecule has 4 rings (SSSR count). The lowest BCUT2D eigenvalue weighted by molar-refractivity contribution is 0.0283. The van der Waals surface area contributed by atoms with E-state index in [0.29, 0.717) is 42.0 Å². The monoisotopic (exact) mass is 678 g/mol. The van der Waals surface area contributed by atoms with Crippen LogP contribution in [0.15, 0.2) is 41.0 Å². The van der Waals surface area contributed by atoms with Gasteiger partial charge in [0.1, 0.15) is 16.8 Å². The molecule has 0 bridgehead atoms. The van der Waals surface area contributed by atoms with Crippen LogP contribution in [-0.2, 0) is 20.8 Å². The number of anilines is 1. The second-order valence-corrected chi connectivity index (χ2v) is 14.8. The van der Waals surface area contributed by atoms with Gasteiger partial charge in [0.15, 0.2) is 11.5 Å². The van der Waals surface area contributed by atoms with Crippen molar-refractivity contribution in [2.24, 2.45) is 0 Å². The number of amides is 3. The van der Waals surface area contributed by atoms with Crippen LogP contribution in [0, 0.1) is 0 Å². The number of ether oxygens (including phenoxy) is 3. The minimum atomic E-state index is -1.03. The lowest BCUT2D eigenvalue weighted by Gasteiger charge is -2.28. The van der Waals surface area contributed by atoms with E-state index >= 15 is 0 Å². The molecule has 2 aromatic heterocycles. The number of carbonyl (C=O) groups excluding carboxylic acids is 3. The zero-order valence-electron chi connectivity index (χ0n) is 29.9. The second kappa shape index (κ2) is 14.3. The fourth-order valence-electron chi connectivity index (χ4n) is 4.63. The van der Waals surface area contributed by atoms with Crippen LogP contribution in [0.1, 0.15) is 92.8 Å². The third-order valence-electron chi connectivity index (χ3n) is 6.78. The lowest BCUT2D eigenvalue weighted by Crippen LogP contribution is -2.44. The van der Waals surface area contributed by atoms with Crippen molar-refractivity contribution in [1.29, 1.82) is 0 Å². The number of nitrogens with zero attached hydrogens (tertiary/aromatic N) is 6. The van der Waals surface area contributed by atoms with Gasteiger partial charge in [-0.05, 0) is 105 Å². The van der Waals surface area contributed by atoms with E-state index in [-0.39, 0.29) is 23.3 Å². The molecule has 0 radical (unpaired) electrons. The summed E-state index contributed by atoms with van der Waals surface area (Å²) in [6, 6.07) is 7.18. The van der Waals surface area contributed by atoms with Gasteiger partial charge in [0.2, 0.25) is 5.89 Å². The SMILES string of the molecule is CN(Cc1ccc(-c2nnc(-c3nc(C4=CCC(O)CC4)cnc3N(C(=O)OC(C)(C)C)C(=O)OC(C)(C)C)o2)cc1)C(=O)OC(C)(C)C. The molecule has 49 heavy (non-hydrogen) atoms. The molecule has 0 spiro atoms. The third-order valence-corrected chi connectivity index (χ3v) is 6.78. The summed E-state index contributed by atoms with van der Waals surface area (Å²) in [5.74, 6) is -0.192. The van der Waals surface area contributed by atoms with Gasteiger partial charge in [0, 0.05) is 19.2 Å². The fraction of sp³-hybridized carbons (Fsp3) is 0.514. The number of allylic oxidation sites excluding steroid dienone is 1. The fourth-order valence-corrected chi connectivity index (χ4v) is 4.63. The van der Waals surface area contributed by atoms with E-state index in [0.717, 1.165) is 11.1 Å². The van der Waals surface area contributed by atoms with Crippen molar-refractivity contribution in [1.82, 2.24) is 25.1 Å². The van der Waals surface area contributed by atoms with Crippen LogP contribution < -0.4 is 4.90 Å². The van der Waals surface area contributed by atoms with E-state index in [2.05, 4.69) is 15.2 Å². The van der Waals surface area contributed by atoms with Crippen molar-refractivity contribution in [3.05, 3.63) is 47.8 Å². The maximum Gasteiger partial charge on any atom is 0.425 e. The van der Waals surface area contributed by atoms with Crippen LogP contribution >= 0.6 is 0 Å². The zero-order valence-corrected chi connectivity index (χ0v) is 29.9. The number of aliphatic hydroxyl groups excluding tert-OH is 1. The molecular weight excluding hydrogens is 632 g/mol. The number of imide groups is 1. The van der Waals surface area contributed by atoms with Gasteiger partial charge >= 0.3 is 18.3 Å². The molecule has 1 unspecified atom stereocenters. The summed E-state index contributed by atoms with van der Waals surface area (Å²) >= 11 is 0. The molecule has 14 heteroatoms. The average molecular weight is 679 g/mol. The Balaban J connectivity index is 1.73. The second-order valence-electron chi connectivity index (χ2n) is 14.8. The first-order chi connectivity index (χ1) is 22.7. The van der Waals surface area contributed by atoms with E-state index in [1.165, 1.54) is 11.1 Å². The molecule has 0 saturated carbocycles. The van der Waals surface area contributed by atoms with Crippen molar-refractivity contribution in [3.63, 3.8) is 0 Å². The number of hydrogen-bond acceptors (Lipinski definition) is 12. The van der Waals surface area contributed by atoms with E-state index in [9.17, 15) is 19.5 Å². The Hall–Kier alpha value is -4.85. The van der Waals surface area contributed by atoms with Crippen molar-refractivity contribution in [3.8, 4) is 23.0 Å². The van der Waals surface area contributed by atoms with Crippen LogP contribution in [0.4, 0.5) is 20.2 Å². The van der Waals surface area contributed by atoms with Gasteiger partial charge in [0.25, 0.3) is 5.89 Å². The molecule has 0 fully saturated rings. The molecule has 1 atom stereocenters. The third kappa shape index (κ3) is 10.3. The van der Waals surface area contributed by atoms with Crippen molar-refractivity contribution in [2.75, 3.05) is 11.9 Å². The van der Waals surface area contributed by atoms with Crippen molar-refractivity contribution >= 4 is 29.7 Å². The first kappa shape index (κ1) is 37.0. The van der Waals surface area contributed by atoms with Gasteiger partial charge in [-0.2, -0.15) is 4.90 Å². The number of carbonyl (C=O) groups is 3. The number of benzene rings is 1. The van der Waals surface area contributed by atoms with Crippen LogP contribution in [0.25, 0.3) is 28.6 Å². The molecule has 0 saturated heterocycles. The van der Waals surface area contributed by atoms with E-state index in [4.69, 9.17) is 23.6 Å². The van der Waals surface area contributed by atoms with E-state index in [1.54, 1.807) is 60.7 Å². The summed E-state index contributed by atoms with van der Waals surface area (Å²) in [5.41, 5.74) is 0.142. The Labute approximate surface area is 286 Å². The summed E-state index contributed by atoms with van der Waals surface area (Å²) < 4.78 is 22.7. The maximum absolute atomic E-state index is 13.5. The summed E-state index contributed by atoms with van der Waals surface area (Å²) in [7, 11) is 1.66. The topological polar surface area (TPSA) is 170 Å². The summed E-state index contributed by atoms with van der Waals surface area (Å²) in [5, 5.41) is 18.5. The Kier molecular flexibility index (Phi) is 10.8. The molecule has 3 amide bonds. The highest BCUT2D eigenvalue weighted by Crippen LogP contribution is 2.34. The van der Waals surface area contributed by atoms with Crippen molar-refractivity contribution in [2.45, 2.75) is 111 Å². The molecule has 1 aromatic carbocycles. The Morgan fingerprint density at radius 1 is 0.857 bits per heavy atom. The lowest BCUT2D eigenvalue weighted by atomic mass is 9.95. The molecule has 1 aliphatic carbocycles. The first-order valence-corrected chi connectivity index (χ1v) is 16.1. The number of hydrogen-bond donors (Lipinski definition) is 1. The molecule has 264 valence electrons. The number of rotatable bonds is 6. The highest BCUT2D eigenvalue weighted by Gasteiger charge is 2.37. The van der Waals surface area contributed by atoms with Gasteiger partial charge in [-0.1, -0.05) is 18.2 Å². The van der Waals surface area contributed by atoms with Gasteiger partial charge in [-0.3, -0.25) is 0 Å². The minimum absolute atomic E-state index is 0.0457. The van der Waals surface area contributed by atoms with Crippen LogP contribution in [0.2, 0.25) is 0 Å². The normalized spacial score (nSPS) is 15.2. The molecule has 14 nitrogen and oxygen atoms in total. The molecule has 3 aromatic rings. The first-order valence-electron chi connectivity index (χ1n) is 16.1. The zero-order chi connectivity index (χ0) is 36.3. The molecule has 2 heterocycles. The Morgan fingerprint density at radius 3 is 1.94 bits per heavy atom. The van der Waals surface area contributed by atoms with Gasteiger partial charge in [-0.25, -0.2) is 24.4 Å². The highest BCUT2D eigenvalue weighted by atomic mass is 16.6. The summed E-state index contributed by atoms with van der Waals surface area (Å²) in [6.45, 7) is 15.8. The Bertz CT molecular complexity index is 1670. The minimum Gasteiger partial charge on any atom is -0.444 e. The van der Waals surface area contributed by atoms with E-state index in [1.807, 2.05) is 39.0 Å². The molecule has 1 N–H and O–H groups in total. The molecular formula is C35H46N6O8. The van der Waals surface area contributed by atoms with E-state index < -0.39 is 41.2 Å². The Morgan fingerprint density at radius 2 is 1.41 bits per heavy atom. The standard InChI is InChI=1S/C35H46N6O8/c1-33(2,3)47-30(43)40(10)20-21-11-13-23(14-12-21)28-38-39-29(46-28)26-27(36-19-25(37-26)22-15-17-24(42)18-16-22)41(31(44)48-34(4,5)6)32(45)49-35(7,8)9/h11-15,19,24,42H,16-18,20H2,1-10H3. The summed E-state index contributed by atoms with van der Waals surface area (Å²) in [6.07, 6.45) is 1.90. The van der Waals surface area contributed by atoms with Crippen LogP contribution in [-0.4, -0.2) is 78.4 Å². The predicted octanol–water partition coefficient (Wildman–Crippen LogP) is 7.17. The average Bonchev–Trinajstić information content (AvgIpc) is 3.46. The number of aromatic nitrogens is 4. The quantitative estimate of drug-likeness (QED) is 0.261. The molecule has 1 aliphatic rings. The number of aliphatic hydroxyl groups is 1.